The normalized spacial score (nSPS) is 14.7. The highest BCUT2D eigenvalue weighted by Gasteiger charge is 2.29. The molecule has 0 saturated heterocycles. The molecule has 8 heteroatoms. The molecule has 8 nitrogen and oxygen atoms in total. The van der Waals surface area contributed by atoms with E-state index in [0.29, 0.717) is 11.4 Å². The fourth-order valence-corrected chi connectivity index (χ4v) is 6.90. The highest BCUT2D eigenvalue weighted by molar-refractivity contribution is 6.34. The number of nitrogens with zero attached hydrogens (tertiary/aromatic N) is 1. The van der Waals surface area contributed by atoms with Crippen molar-refractivity contribution >= 4 is 40.4 Å². The van der Waals surface area contributed by atoms with Gasteiger partial charge in [-0.2, -0.15) is 0 Å². The van der Waals surface area contributed by atoms with Crippen LogP contribution in [0.5, 0.6) is 23.0 Å². The van der Waals surface area contributed by atoms with Crippen molar-refractivity contribution in [1.29, 1.82) is 0 Å². The van der Waals surface area contributed by atoms with Gasteiger partial charge in [0.15, 0.2) is 5.70 Å². The van der Waals surface area contributed by atoms with E-state index < -0.39 is 0 Å². The highest BCUT2D eigenvalue weighted by Crippen LogP contribution is 2.34. The first kappa shape index (κ1) is 30.7. The summed E-state index contributed by atoms with van der Waals surface area (Å²) in [6, 6.07) is 32.7. The number of hydrogen-bond acceptors (Lipinski definition) is 6. The molecule has 250 valence electrons. The van der Waals surface area contributed by atoms with Crippen LogP contribution in [0.3, 0.4) is 0 Å². The van der Waals surface area contributed by atoms with Gasteiger partial charge in [-0.1, -0.05) is 36.4 Å². The summed E-state index contributed by atoms with van der Waals surface area (Å²) < 4.78 is 0. The van der Waals surface area contributed by atoms with Crippen molar-refractivity contribution in [1.82, 2.24) is 15.3 Å². The van der Waals surface area contributed by atoms with Crippen LogP contribution in [-0.4, -0.2) is 36.1 Å². The summed E-state index contributed by atoms with van der Waals surface area (Å²) in [6.45, 7) is 0. The second kappa shape index (κ2) is 12.2. The summed E-state index contributed by atoms with van der Waals surface area (Å²) >= 11 is 0. The maximum Gasteiger partial charge on any atom is 0.157 e. The zero-order valence-electron chi connectivity index (χ0n) is 27.6. The molecule has 0 amide bonds. The Balaban J connectivity index is 1.35. The number of aromatic amines is 2. The van der Waals surface area contributed by atoms with E-state index in [-0.39, 0.29) is 23.0 Å². The van der Waals surface area contributed by atoms with Gasteiger partial charge in [0.1, 0.15) is 39.6 Å². The van der Waals surface area contributed by atoms with Crippen molar-refractivity contribution in [3.63, 3.8) is 0 Å². The lowest BCUT2D eigenvalue weighted by Gasteiger charge is -2.04. The summed E-state index contributed by atoms with van der Waals surface area (Å²) in [7, 11) is 0. The van der Waals surface area contributed by atoms with Gasteiger partial charge in [0.2, 0.25) is 0 Å². The van der Waals surface area contributed by atoms with Gasteiger partial charge < -0.3 is 30.4 Å². The molecule has 9 rings (SSSR count). The van der Waals surface area contributed by atoms with Gasteiger partial charge in [-0.15, -0.1) is 0 Å². The Bertz CT molecular complexity index is 2850. The first-order valence-electron chi connectivity index (χ1n) is 16.8. The Hall–Kier alpha value is -7.32. The highest BCUT2D eigenvalue weighted by atomic mass is 16.3. The number of aromatic hydroxyl groups is 4. The average molecular weight is 680 g/mol. The van der Waals surface area contributed by atoms with E-state index in [2.05, 4.69) is 27.8 Å². The molecule has 0 fully saturated rings. The van der Waals surface area contributed by atoms with E-state index in [1.807, 2.05) is 85.0 Å². The van der Waals surface area contributed by atoms with E-state index in [9.17, 15) is 20.4 Å². The van der Waals surface area contributed by atoms with Gasteiger partial charge in [-0.3, -0.25) is 5.32 Å². The molecule has 0 spiro atoms. The minimum Gasteiger partial charge on any atom is -0.508 e. The van der Waals surface area contributed by atoms with E-state index in [1.165, 1.54) is 0 Å². The Kier molecular flexibility index (Phi) is 7.22. The number of allylic oxidation sites excluding steroid dienone is 3. The number of benzene rings is 4. The third-order valence-corrected chi connectivity index (χ3v) is 9.36. The van der Waals surface area contributed by atoms with E-state index in [0.717, 1.165) is 77.3 Å². The smallest absolute Gasteiger partial charge is 0.157 e. The van der Waals surface area contributed by atoms with Crippen molar-refractivity contribution in [3.8, 4) is 45.3 Å². The standard InChI is InChI=1S/C44H30N4O4/c49-29-9-1-5-25(17-29)33-21-41-42-22-34(26-6-2-10-30(50)18-26)39(46-42)15-16-40-36(28-8-4-12-32(52)20-28)24-44(48-40)43-23-35(27-7-3-11-31(51)19-27)38(47-43)14-13-37(33)45-41/h1-24H,(H6-,45,46,47,48,49,50,51,52)/p+1. The molecule has 0 unspecified atom stereocenters. The fraction of sp³-hybridized carbons (Fsp3) is 0. The van der Waals surface area contributed by atoms with Crippen LogP contribution < -0.4 is 26.7 Å². The number of aromatic nitrogens is 2. The lowest BCUT2D eigenvalue weighted by atomic mass is 9.99. The predicted octanol–water partition coefficient (Wildman–Crippen LogP) is 5.30. The van der Waals surface area contributed by atoms with Gasteiger partial charge in [0.05, 0.1) is 34.1 Å². The minimum absolute atomic E-state index is 0.155. The molecule has 0 saturated carbocycles. The largest absolute Gasteiger partial charge is 0.508 e. The molecule has 7 N–H and O–H groups in total. The maximum atomic E-state index is 10.4. The Morgan fingerprint density at radius 2 is 1.06 bits per heavy atom. The van der Waals surface area contributed by atoms with Gasteiger partial charge >= 0.3 is 0 Å². The van der Waals surface area contributed by atoms with Gasteiger partial charge in [0, 0.05) is 40.3 Å². The van der Waals surface area contributed by atoms with Crippen LogP contribution >= 0.6 is 0 Å². The first-order valence-corrected chi connectivity index (χ1v) is 16.8. The van der Waals surface area contributed by atoms with Crippen LogP contribution in [0, 0.1) is 6.42 Å². The monoisotopic (exact) mass is 679 g/mol. The number of H-pyrrole nitrogens is 2. The Morgan fingerprint density at radius 3 is 1.67 bits per heavy atom. The second-order valence-electron chi connectivity index (χ2n) is 12.8. The van der Waals surface area contributed by atoms with Crippen LogP contribution in [0.15, 0.2) is 138 Å². The second-order valence-corrected chi connectivity index (χ2v) is 12.8. The molecule has 52 heavy (non-hydrogen) atoms. The molecule has 5 heterocycles. The maximum absolute atomic E-state index is 10.4. The summed E-state index contributed by atoms with van der Waals surface area (Å²) in [4.78, 5) is 12.3. The van der Waals surface area contributed by atoms with Crippen LogP contribution in [0.4, 0.5) is 0 Å². The SMILES string of the molecule is Oc1cccc(C2=CC3=c4cc(-c5cccc(O)c5)c([nH]4)=CC=c4[nH]c(cc4-c4cccc(O)c4)=C4[CH+]C(c5cccc(O)c5)=C(C=CC2=N3)N4)c1. The van der Waals surface area contributed by atoms with Crippen LogP contribution in [0.1, 0.15) is 11.1 Å². The molecule has 3 aliphatic heterocycles. The average Bonchev–Trinajstić information content (AvgIpc) is 3.94. The zero-order valence-corrected chi connectivity index (χ0v) is 27.6. The van der Waals surface area contributed by atoms with Crippen molar-refractivity contribution in [2.24, 2.45) is 4.99 Å². The number of rotatable bonds is 4. The lowest BCUT2D eigenvalue weighted by molar-refractivity contribution is 0.474. The van der Waals surface area contributed by atoms with Crippen LogP contribution in [0.2, 0.25) is 0 Å². The van der Waals surface area contributed by atoms with E-state index in [4.69, 9.17) is 4.99 Å². The molecule has 4 aromatic carbocycles. The Labute approximate surface area is 297 Å². The van der Waals surface area contributed by atoms with Crippen LogP contribution in [0.25, 0.3) is 56.9 Å². The summed E-state index contributed by atoms with van der Waals surface area (Å²) in [5, 5.41) is 48.4. The molecule has 0 atom stereocenters. The number of phenols is 4. The molecule has 6 aromatic rings. The number of aliphatic imine (C=N–C) groups is 1. The summed E-state index contributed by atoms with van der Waals surface area (Å²) in [5.74, 6) is 0.644. The third-order valence-electron chi connectivity index (χ3n) is 9.36. The summed E-state index contributed by atoms with van der Waals surface area (Å²) in [5.41, 5.74) is 9.83. The van der Waals surface area contributed by atoms with Crippen LogP contribution in [-0.2, 0) is 0 Å². The van der Waals surface area contributed by atoms with Gasteiger partial charge in [0.25, 0.3) is 0 Å². The molecule has 0 radical (unpaired) electrons. The zero-order chi connectivity index (χ0) is 35.3. The minimum atomic E-state index is 0.155. The van der Waals surface area contributed by atoms with E-state index in [1.54, 1.807) is 48.5 Å². The molecule has 3 aliphatic rings. The number of phenolic OH excluding ortho intramolecular Hbond substituents is 4. The number of nitrogens with one attached hydrogen (secondary N) is 3. The summed E-state index contributed by atoms with van der Waals surface area (Å²) in [6.07, 6.45) is 12.0. The molecule has 0 aliphatic carbocycles. The Morgan fingerprint density at radius 1 is 0.538 bits per heavy atom. The van der Waals surface area contributed by atoms with E-state index >= 15 is 0 Å². The number of hydrogen-bond donors (Lipinski definition) is 7. The third kappa shape index (κ3) is 5.64. The molecular formula is C44H31N4O4+. The lowest BCUT2D eigenvalue weighted by Crippen LogP contribution is -2.19. The topological polar surface area (TPSA) is 137 Å². The fourth-order valence-electron chi connectivity index (χ4n) is 6.90. The van der Waals surface area contributed by atoms with Crippen molar-refractivity contribution in [2.75, 3.05) is 0 Å². The molecular weight excluding hydrogens is 649 g/mol. The van der Waals surface area contributed by atoms with Crippen molar-refractivity contribution in [2.45, 2.75) is 0 Å². The van der Waals surface area contributed by atoms with Crippen molar-refractivity contribution in [3.05, 3.63) is 172 Å². The van der Waals surface area contributed by atoms with Crippen molar-refractivity contribution < 1.29 is 20.4 Å². The molecule has 2 aromatic heterocycles. The van der Waals surface area contributed by atoms with Gasteiger partial charge in [-0.25, -0.2) is 4.99 Å². The quantitative estimate of drug-likeness (QED) is 0.127. The first-order chi connectivity index (χ1) is 25.3. The molecule has 8 bridgehead atoms. The number of fused-ring (bicyclic) bond motifs is 7. The van der Waals surface area contributed by atoms with Gasteiger partial charge in [-0.05, 0) is 102 Å². The predicted molar refractivity (Wildman–Crippen MR) is 205 cm³/mol.